The second-order valence-corrected chi connectivity index (χ2v) is 28.8. The van der Waals surface area contributed by atoms with E-state index >= 15 is 0 Å². The van der Waals surface area contributed by atoms with E-state index in [1.54, 1.807) is 244 Å². The van der Waals surface area contributed by atoms with Gasteiger partial charge in [0.25, 0.3) is 0 Å². The molecule has 0 aromatic heterocycles. The van der Waals surface area contributed by atoms with Crippen molar-refractivity contribution in [2.75, 3.05) is 0 Å². The number of fused-ring (bicyclic) bond motifs is 16. The molecule has 1 spiro atoms. The Hall–Kier alpha value is -0.0400. The quantitative estimate of drug-likeness (QED) is 0.266. The van der Waals surface area contributed by atoms with Crippen LogP contribution in [0, 0.1) is 124 Å². The van der Waals surface area contributed by atoms with E-state index in [4.69, 9.17) is 0 Å². The van der Waals surface area contributed by atoms with Gasteiger partial charge in [-0.15, -0.1) is 0 Å². The van der Waals surface area contributed by atoms with Gasteiger partial charge < -0.3 is 0 Å². The molecule has 1 nitrogen and oxygen atoms in total. The largest absolute Gasteiger partial charge is 0.294 e. The van der Waals surface area contributed by atoms with Crippen molar-refractivity contribution in [1.82, 2.24) is 4.90 Å². The first-order valence-electron chi connectivity index (χ1n) is 31.5. The highest BCUT2D eigenvalue weighted by Gasteiger charge is 2.73. The summed E-state index contributed by atoms with van der Waals surface area (Å²) in [5.41, 5.74) is 0.761. The zero-order chi connectivity index (χ0) is 41.9. The van der Waals surface area contributed by atoms with Crippen LogP contribution in [-0.2, 0) is 0 Å². The van der Waals surface area contributed by atoms with Crippen molar-refractivity contribution in [3.8, 4) is 0 Å². The first kappa shape index (κ1) is 42.8. The highest BCUT2D eigenvalue weighted by molar-refractivity contribution is 5.21. The van der Waals surface area contributed by atoms with Gasteiger partial charge in [-0.25, -0.2) is 0 Å². The molecule has 0 heterocycles. The highest BCUT2D eigenvalue weighted by Crippen LogP contribution is 2.78. The van der Waals surface area contributed by atoms with Crippen molar-refractivity contribution in [1.29, 1.82) is 0 Å². The smallest absolute Gasteiger partial charge is 0.0135 e. The summed E-state index contributed by atoms with van der Waals surface area (Å²) in [6.07, 6.45) is 62.9. The maximum Gasteiger partial charge on any atom is 0.0135 e. The molecule has 14 aliphatic carbocycles. The lowest BCUT2D eigenvalue weighted by molar-refractivity contribution is -0.0719. The van der Waals surface area contributed by atoms with Crippen molar-refractivity contribution < 1.29 is 0 Å². The summed E-state index contributed by atoms with van der Waals surface area (Å²) in [7, 11) is 0. The van der Waals surface area contributed by atoms with Gasteiger partial charge in [-0.05, 0) is 252 Å². The Morgan fingerprint density at radius 1 is 0.234 bits per heavy atom. The van der Waals surface area contributed by atoms with Crippen LogP contribution in [0.5, 0.6) is 0 Å². The predicted octanol–water partition coefficient (Wildman–Crippen LogP) is 17.1. The van der Waals surface area contributed by atoms with Gasteiger partial charge in [0.2, 0.25) is 0 Å². The maximum absolute atomic E-state index is 3.66. The topological polar surface area (TPSA) is 3.24 Å². The Bertz CT molecular complexity index is 1560. The number of rotatable bonds is 5. The van der Waals surface area contributed by atoms with E-state index in [0.717, 1.165) is 142 Å². The molecule has 0 aromatic carbocycles. The van der Waals surface area contributed by atoms with Gasteiger partial charge in [0.05, 0.1) is 0 Å². The van der Waals surface area contributed by atoms with E-state index < -0.39 is 0 Å². The van der Waals surface area contributed by atoms with Crippen LogP contribution >= 0.6 is 0 Å². The normalized spacial score (nSPS) is 56.0. The molecule has 358 valence electrons. The van der Waals surface area contributed by atoms with Crippen LogP contribution in [-0.4, -0.2) is 23.0 Å². The minimum atomic E-state index is 0.761. The van der Waals surface area contributed by atoms with E-state index in [2.05, 4.69) is 4.90 Å². The van der Waals surface area contributed by atoms with E-state index in [1.807, 2.05) is 0 Å². The summed E-state index contributed by atoms with van der Waals surface area (Å²) >= 11 is 0. The minimum Gasteiger partial charge on any atom is -0.294 e. The third-order valence-corrected chi connectivity index (χ3v) is 27.3. The van der Waals surface area contributed by atoms with E-state index in [9.17, 15) is 0 Å². The van der Waals surface area contributed by atoms with Crippen LogP contribution in [0.25, 0.3) is 0 Å². The van der Waals surface area contributed by atoms with Gasteiger partial charge in [-0.2, -0.15) is 0 Å². The fourth-order valence-corrected chi connectivity index (χ4v) is 26.0. The van der Waals surface area contributed by atoms with E-state index in [0.29, 0.717) is 0 Å². The Kier molecular flexibility index (Phi) is 11.8. The van der Waals surface area contributed by atoms with Gasteiger partial charge in [0, 0.05) is 18.1 Å². The molecule has 19 atom stereocenters. The maximum atomic E-state index is 3.66. The number of hydrogen-bond acceptors (Lipinski definition) is 1. The molecule has 0 amide bonds. The predicted molar refractivity (Wildman–Crippen MR) is 265 cm³/mol. The van der Waals surface area contributed by atoms with E-state index in [1.165, 1.54) is 6.42 Å². The summed E-state index contributed by atoms with van der Waals surface area (Å²) in [6, 6.07) is 2.81. The molecule has 19 unspecified atom stereocenters. The van der Waals surface area contributed by atoms with Crippen molar-refractivity contribution >= 4 is 0 Å². The van der Waals surface area contributed by atoms with Crippen LogP contribution in [0.15, 0.2) is 0 Å². The second-order valence-electron chi connectivity index (χ2n) is 28.8. The summed E-state index contributed by atoms with van der Waals surface area (Å²) < 4.78 is 0. The van der Waals surface area contributed by atoms with Crippen molar-refractivity contribution in [3.05, 3.63) is 0 Å². The fourth-order valence-electron chi connectivity index (χ4n) is 26.0. The number of hydrogen-bond donors (Lipinski definition) is 0. The lowest BCUT2D eigenvalue weighted by Crippen LogP contribution is -2.58. The summed E-state index contributed by atoms with van der Waals surface area (Å²) in [5.74, 6) is 22.3. The first-order chi connectivity index (χ1) is 31.7. The molecule has 64 heavy (non-hydrogen) atoms. The lowest BCUT2D eigenvalue weighted by Gasteiger charge is -2.56. The van der Waals surface area contributed by atoms with Crippen molar-refractivity contribution in [2.45, 2.75) is 269 Å². The Balaban J connectivity index is 0.792. The Labute approximate surface area is 395 Å². The van der Waals surface area contributed by atoms with Crippen LogP contribution in [0.2, 0.25) is 0 Å². The Morgan fingerprint density at radius 2 is 0.734 bits per heavy atom. The SMILES string of the molecule is C1CCC(C2CCC(N(C3CCC4C(CC5C6CCCCC6CC(C6CC7CCCCC7C6)C45)C3)C3CCCC4C3C3CCCCC3C43C4CCCCC4C4CCCCC43)CC2)CC1. The molecule has 14 saturated carbocycles. The molecule has 0 saturated heterocycles. The third-order valence-electron chi connectivity index (χ3n) is 27.3. The zero-order valence-electron chi connectivity index (χ0n) is 41.8. The molecule has 14 aliphatic rings. The average Bonchev–Trinajstić information content (AvgIpc) is 4.12. The van der Waals surface area contributed by atoms with Crippen LogP contribution in [0.1, 0.15) is 250 Å². The fraction of sp³-hybridized carbons (Fsp3) is 1.00. The molecule has 0 N–H and O–H groups in total. The highest BCUT2D eigenvalue weighted by atomic mass is 15.2. The molecule has 1 heteroatoms. The molecular formula is C63H101N. The molecular weight excluding hydrogens is 771 g/mol. The minimum absolute atomic E-state index is 0.761. The second kappa shape index (κ2) is 17.7. The molecule has 0 aromatic rings. The lowest BCUT2D eigenvalue weighted by atomic mass is 9.53. The summed E-state index contributed by atoms with van der Waals surface area (Å²) in [5, 5.41) is 0. The zero-order valence-corrected chi connectivity index (χ0v) is 41.8. The van der Waals surface area contributed by atoms with Gasteiger partial charge in [0.1, 0.15) is 0 Å². The third kappa shape index (κ3) is 6.80. The first-order valence-corrected chi connectivity index (χ1v) is 31.5. The Morgan fingerprint density at radius 3 is 1.44 bits per heavy atom. The van der Waals surface area contributed by atoms with Crippen LogP contribution in [0.4, 0.5) is 0 Å². The monoisotopic (exact) mass is 872 g/mol. The van der Waals surface area contributed by atoms with Crippen LogP contribution < -0.4 is 0 Å². The van der Waals surface area contributed by atoms with E-state index in [-0.39, 0.29) is 0 Å². The van der Waals surface area contributed by atoms with Crippen molar-refractivity contribution in [3.63, 3.8) is 0 Å². The standard InChI is InChI=1S/C63H101N/c1-2-15-40(16-3-1)41-29-31-47(32-30-41)64(60-28-14-27-59-62(60)53-23-10-13-26-58(53)63(59)56-24-11-8-21-51(56)52-22-9-12-25-57(52)63)48-33-34-50-46(37-48)39-55-49-20-7-6-19-44(49)38-54(61(50)55)45-35-42-17-4-5-18-43(42)36-45/h40-62H,1-39H2. The molecule has 0 aliphatic heterocycles. The van der Waals surface area contributed by atoms with Gasteiger partial charge in [-0.3, -0.25) is 4.90 Å². The summed E-state index contributed by atoms with van der Waals surface area (Å²) in [4.78, 5) is 3.66. The van der Waals surface area contributed by atoms with Gasteiger partial charge in [0.15, 0.2) is 0 Å². The van der Waals surface area contributed by atoms with Crippen LogP contribution in [0.3, 0.4) is 0 Å². The van der Waals surface area contributed by atoms with Gasteiger partial charge in [-0.1, -0.05) is 122 Å². The molecule has 14 rings (SSSR count). The molecule has 0 bridgehead atoms. The molecule has 0 radical (unpaired) electrons. The van der Waals surface area contributed by atoms with Gasteiger partial charge >= 0.3 is 0 Å². The number of nitrogens with zero attached hydrogens (tertiary/aromatic N) is 1. The average molecular weight is 873 g/mol. The van der Waals surface area contributed by atoms with Crippen molar-refractivity contribution in [2.24, 2.45) is 124 Å². The summed E-state index contributed by atoms with van der Waals surface area (Å²) in [6.45, 7) is 0. The molecule has 14 fully saturated rings.